The van der Waals surface area contributed by atoms with Crippen molar-refractivity contribution in [1.29, 1.82) is 0 Å². The molecule has 1 rings (SSSR count). The molecule has 0 aromatic carbocycles. The van der Waals surface area contributed by atoms with Gasteiger partial charge in [0, 0.05) is 29.4 Å². The van der Waals surface area contributed by atoms with Gasteiger partial charge in [-0.1, -0.05) is 34.1 Å². The fourth-order valence-electron chi connectivity index (χ4n) is 1.24. The van der Waals surface area contributed by atoms with E-state index in [0.29, 0.717) is 12.3 Å². The van der Waals surface area contributed by atoms with Gasteiger partial charge in [0.1, 0.15) is 5.76 Å². The fraction of sp³-hybridized carbons (Fsp3) is 0.800. The summed E-state index contributed by atoms with van der Waals surface area (Å²) in [6, 6.07) is 0. The SMILES string of the molecule is CCCCN1C=C(C(C)(C)C)OP1(=O)Cl. The molecule has 88 valence electrons. The number of unbranched alkanes of at least 4 members (excludes halogenated alkanes) is 1. The highest BCUT2D eigenvalue weighted by Gasteiger charge is 2.39. The molecule has 0 aliphatic carbocycles. The maximum Gasteiger partial charge on any atom is 0.437 e. The summed E-state index contributed by atoms with van der Waals surface area (Å²) < 4.78 is 18.9. The van der Waals surface area contributed by atoms with E-state index >= 15 is 0 Å². The van der Waals surface area contributed by atoms with Crippen molar-refractivity contribution in [1.82, 2.24) is 4.67 Å². The maximum absolute atomic E-state index is 11.9. The number of hydrogen-bond donors (Lipinski definition) is 0. The first-order valence-electron chi connectivity index (χ1n) is 5.26. The molecule has 1 aliphatic rings. The van der Waals surface area contributed by atoms with Crippen LogP contribution in [0.3, 0.4) is 0 Å². The largest absolute Gasteiger partial charge is 0.437 e. The number of nitrogens with zero attached hydrogens (tertiary/aromatic N) is 1. The van der Waals surface area contributed by atoms with Crippen LogP contribution in [0.25, 0.3) is 0 Å². The van der Waals surface area contributed by atoms with Gasteiger partial charge < -0.3 is 4.52 Å². The van der Waals surface area contributed by atoms with E-state index in [1.54, 1.807) is 10.9 Å². The molecule has 0 aromatic rings. The molecule has 1 atom stereocenters. The van der Waals surface area contributed by atoms with Gasteiger partial charge in [-0.3, -0.25) is 4.67 Å². The van der Waals surface area contributed by atoms with Crippen molar-refractivity contribution >= 4 is 18.1 Å². The zero-order valence-corrected chi connectivity index (χ0v) is 11.4. The molecular weight excluding hydrogens is 233 g/mol. The second-order valence-corrected chi connectivity index (χ2v) is 7.68. The topological polar surface area (TPSA) is 29.5 Å². The number of halogens is 1. The van der Waals surface area contributed by atoms with E-state index in [1.807, 2.05) is 20.8 Å². The minimum Gasteiger partial charge on any atom is -0.421 e. The molecule has 0 N–H and O–H groups in total. The predicted octanol–water partition coefficient (Wildman–Crippen LogP) is 4.35. The fourth-order valence-corrected chi connectivity index (χ4v) is 3.11. The summed E-state index contributed by atoms with van der Waals surface area (Å²) in [6.45, 7) is 5.70. The van der Waals surface area contributed by atoms with Gasteiger partial charge in [0.15, 0.2) is 0 Å². The van der Waals surface area contributed by atoms with Crippen LogP contribution in [0.4, 0.5) is 0 Å². The lowest BCUT2D eigenvalue weighted by atomic mass is 9.94. The van der Waals surface area contributed by atoms with Crippen LogP contribution in [-0.2, 0) is 9.09 Å². The van der Waals surface area contributed by atoms with Gasteiger partial charge in [-0.25, -0.2) is 4.57 Å². The van der Waals surface area contributed by atoms with E-state index in [-0.39, 0.29) is 5.41 Å². The quantitative estimate of drug-likeness (QED) is 0.698. The third-order valence-corrected chi connectivity index (χ3v) is 4.40. The summed E-state index contributed by atoms with van der Waals surface area (Å²) in [5.74, 6) is 0.705. The lowest BCUT2D eigenvalue weighted by Gasteiger charge is -2.20. The van der Waals surface area contributed by atoms with Gasteiger partial charge in [-0.05, 0) is 6.42 Å². The monoisotopic (exact) mass is 251 g/mol. The molecule has 0 spiro atoms. The molecule has 5 heteroatoms. The van der Waals surface area contributed by atoms with Crippen molar-refractivity contribution in [2.24, 2.45) is 5.41 Å². The number of allylic oxidation sites excluding steroid dienone is 1. The zero-order chi connectivity index (χ0) is 11.7. The lowest BCUT2D eigenvalue weighted by molar-refractivity contribution is 0.306. The molecule has 0 radical (unpaired) electrons. The Morgan fingerprint density at radius 2 is 2.13 bits per heavy atom. The van der Waals surface area contributed by atoms with E-state index in [0.717, 1.165) is 12.8 Å². The first-order valence-corrected chi connectivity index (χ1v) is 7.74. The Balaban J connectivity index is 2.78. The maximum atomic E-state index is 11.9. The van der Waals surface area contributed by atoms with Crippen LogP contribution < -0.4 is 0 Å². The predicted molar refractivity (Wildman–Crippen MR) is 63.7 cm³/mol. The first-order chi connectivity index (χ1) is 6.77. The highest BCUT2D eigenvalue weighted by molar-refractivity contribution is 7.83. The molecule has 0 amide bonds. The Morgan fingerprint density at radius 1 is 1.53 bits per heavy atom. The highest BCUT2D eigenvalue weighted by Crippen LogP contribution is 2.63. The molecule has 0 bridgehead atoms. The van der Waals surface area contributed by atoms with Crippen molar-refractivity contribution in [3.63, 3.8) is 0 Å². The third kappa shape index (κ3) is 3.15. The number of rotatable bonds is 3. The molecule has 0 saturated carbocycles. The summed E-state index contributed by atoms with van der Waals surface area (Å²) in [5.41, 5.74) is -0.147. The van der Waals surface area contributed by atoms with Crippen LogP contribution >= 0.6 is 18.1 Å². The number of hydrogen-bond acceptors (Lipinski definition) is 2. The smallest absolute Gasteiger partial charge is 0.421 e. The molecule has 1 unspecified atom stereocenters. The van der Waals surface area contributed by atoms with Crippen LogP contribution in [0.2, 0.25) is 0 Å². The van der Waals surface area contributed by atoms with Gasteiger partial charge in [-0.2, -0.15) is 0 Å². The van der Waals surface area contributed by atoms with Gasteiger partial charge in [0.25, 0.3) is 0 Å². The molecule has 1 heterocycles. The van der Waals surface area contributed by atoms with Crippen molar-refractivity contribution < 1.29 is 9.09 Å². The standard InChI is InChI=1S/C10H19ClNO2P/c1-5-6-7-12-8-9(10(2,3)4)14-15(12,11)13/h8H,5-7H2,1-4H3. The van der Waals surface area contributed by atoms with E-state index in [1.165, 1.54) is 0 Å². The van der Waals surface area contributed by atoms with Gasteiger partial charge in [0.2, 0.25) is 0 Å². The minimum absolute atomic E-state index is 0.147. The first kappa shape index (κ1) is 12.9. The van der Waals surface area contributed by atoms with E-state index in [4.69, 9.17) is 15.8 Å². The van der Waals surface area contributed by atoms with Crippen molar-refractivity contribution in [3.8, 4) is 0 Å². The van der Waals surface area contributed by atoms with Crippen LogP contribution in [0.15, 0.2) is 12.0 Å². The van der Waals surface area contributed by atoms with Gasteiger partial charge in [-0.15, -0.1) is 0 Å². The highest BCUT2D eigenvalue weighted by atomic mass is 35.7. The molecule has 0 saturated heterocycles. The van der Waals surface area contributed by atoms with E-state index in [2.05, 4.69) is 6.92 Å². The molecule has 0 aromatic heterocycles. The Labute approximate surface area is 96.7 Å². The third-order valence-electron chi connectivity index (χ3n) is 2.26. The normalized spacial score (nSPS) is 26.5. The molecule has 15 heavy (non-hydrogen) atoms. The van der Waals surface area contributed by atoms with Gasteiger partial charge >= 0.3 is 6.87 Å². The van der Waals surface area contributed by atoms with Crippen molar-refractivity contribution in [3.05, 3.63) is 12.0 Å². The van der Waals surface area contributed by atoms with E-state index < -0.39 is 6.87 Å². The second kappa shape index (κ2) is 4.39. The Kier molecular flexibility index (Phi) is 3.78. The van der Waals surface area contributed by atoms with Gasteiger partial charge in [0.05, 0.1) is 0 Å². The van der Waals surface area contributed by atoms with Crippen molar-refractivity contribution in [2.75, 3.05) is 6.54 Å². The average molecular weight is 252 g/mol. The van der Waals surface area contributed by atoms with Crippen LogP contribution in [-0.4, -0.2) is 11.2 Å². The summed E-state index contributed by atoms with van der Waals surface area (Å²) >= 11 is 5.88. The van der Waals surface area contributed by atoms with Crippen molar-refractivity contribution in [2.45, 2.75) is 40.5 Å². The summed E-state index contributed by atoms with van der Waals surface area (Å²) in [4.78, 5) is 0. The second-order valence-electron chi connectivity index (χ2n) is 4.80. The molecule has 1 aliphatic heterocycles. The molecular formula is C10H19ClNO2P. The minimum atomic E-state index is -3.12. The Bertz CT molecular complexity index is 309. The average Bonchev–Trinajstić information content (AvgIpc) is 2.37. The van der Waals surface area contributed by atoms with Crippen LogP contribution in [0.1, 0.15) is 40.5 Å². The van der Waals surface area contributed by atoms with E-state index in [9.17, 15) is 4.57 Å². The van der Waals surface area contributed by atoms with Crippen LogP contribution in [0, 0.1) is 5.41 Å². The molecule has 0 fully saturated rings. The zero-order valence-electron chi connectivity index (χ0n) is 9.79. The van der Waals surface area contributed by atoms with Crippen LogP contribution in [0.5, 0.6) is 0 Å². The Hall–Kier alpha value is -0.140. The Morgan fingerprint density at radius 3 is 2.53 bits per heavy atom. The molecule has 3 nitrogen and oxygen atoms in total. The summed E-state index contributed by atoms with van der Waals surface area (Å²) in [5, 5.41) is 0. The lowest BCUT2D eigenvalue weighted by Crippen LogP contribution is -2.10. The summed E-state index contributed by atoms with van der Waals surface area (Å²) in [6.07, 6.45) is 3.81. The summed E-state index contributed by atoms with van der Waals surface area (Å²) in [7, 11) is 0.